The molecule has 0 aliphatic carbocycles. The first kappa shape index (κ1) is 13.7. The Morgan fingerprint density at radius 3 is 2.65 bits per heavy atom. The summed E-state index contributed by atoms with van der Waals surface area (Å²) in [6, 6.07) is 1.85. The average Bonchev–Trinajstić information content (AvgIpc) is 2.34. The van der Waals surface area contributed by atoms with Crippen molar-refractivity contribution in [3.05, 3.63) is 11.9 Å². The highest BCUT2D eigenvalue weighted by atomic mass is 16.5. The lowest BCUT2D eigenvalue weighted by Gasteiger charge is -2.10. The highest BCUT2D eigenvalue weighted by Gasteiger charge is 2.07. The summed E-state index contributed by atoms with van der Waals surface area (Å²) in [7, 11) is 1.85. The number of ether oxygens (including phenoxy) is 1. The Morgan fingerprint density at radius 1 is 1.29 bits per heavy atom. The summed E-state index contributed by atoms with van der Waals surface area (Å²) in [5.74, 6) is 2.61. The zero-order valence-corrected chi connectivity index (χ0v) is 11.3. The minimum Gasteiger partial charge on any atom is -0.478 e. The maximum absolute atomic E-state index is 5.65. The van der Waals surface area contributed by atoms with Crippen LogP contribution in [0, 0.1) is 0 Å². The van der Waals surface area contributed by atoms with Crippen LogP contribution in [0.15, 0.2) is 6.07 Å². The van der Waals surface area contributed by atoms with Gasteiger partial charge in [0.1, 0.15) is 11.6 Å². The molecule has 0 aliphatic rings. The van der Waals surface area contributed by atoms with Crippen LogP contribution in [0.2, 0.25) is 0 Å². The number of anilines is 1. The van der Waals surface area contributed by atoms with Gasteiger partial charge in [0.05, 0.1) is 6.61 Å². The number of unbranched alkanes of at least 4 members (excludes halogenated alkanes) is 2. The van der Waals surface area contributed by atoms with Gasteiger partial charge in [-0.1, -0.05) is 33.6 Å². The van der Waals surface area contributed by atoms with E-state index in [1.165, 1.54) is 12.8 Å². The lowest BCUT2D eigenvalue weighted by atomic mass is 10.2. The average molecular weight is 237 g/mol. The van der Waals surface area contributed by atoms with Gasteiger partial charge < -0.3 is 10.1 Å². The molecule has 0 unspecified atom stereocenters. The van der Waals surface area contributed by atoms with E-state index in [2.05, 4.69) is 36.1 Å². The largest absolute Gasteiger partial charge is 0.478 e. The monoisotopic (exact) mass is 237 g/mol. The first-order valence-electron chi connectivity index (χ1n) is 6.37. The van der Waals surface area contributed by atoms with Gasteiger partial charge in [0.25, 0.3) is 0 Å². The van der Waals surface area contributed by atoms with Crippen molar-refractivity contribution in [3.63, 3.8) is 0 Å². The van der Waals surface area contributed by atoms with E-state index in [0.29, 0.717) is 11.8 Å². The van der Waals surface area contributed by atoms with Crippen molar-refractivity contribution >= 4 is 5.82 Å². The van der Waals surface area contributed by atoms with Crippen molar-refractivity contribution in [1.82, 2.24) is 9.97 Å². The molecule has 4 heteroatoms. The summed E-state index contributed by atoms with van der Waals surface area (Å²) >= 11 is 0. The Bertz CT molecular complexity index is 339. The number of nitrogens with zero attached hydrogens (tertiary/aromatic N) is 2. The molecule has 0 aromatic carbocycles. The quantitative estimate of drug-likeness (QED) is 0.740. The van der Waals surface area contributed by atoms with E-state index >= 15 is 0 Å². The fourth-order valence-corrected chi connectivity index (χ4v) is 1.43. The van der Waals surface area contributed by atoms with E-state index in [9.17, 15) is 0 Å². The Hall–Kier alpha value is -1.32. The summed E-state index contributed by atoms with van der Waals surface area (Å²) < 4.78 is 5.65. The predicted molar refractivity (Wildman–Crippen MR) is 70.7 cm³/mol. The van der Waals surface area contributed by atoms with Crippen LogP contribution in [0.3, 0.4) is 0 Å². The maximum Gasteiger partial charge on any atom is 0.218 e. The minimum atomic E-state index is 0.307. The second kappa shape index (κ2) is 7.09. The van der Waals surface area contributed by atoms with Gasteiger partial charge in [-0.05, 0) is 6.42 Å². The van der Waals surface area contributed by atoms with E-state index in [1.807, 2.05) is 13.1 Å². The van der Waals surface area contributed by atoms with Crippen molar-refractivity contribution in [2.75, 3.05) is 19.0 Å². The van der Waals surface area contributed by atoms with Crippen LogP contribution in [0.1, 0.15) is 51.8 Å². The summed E-state index contributed by atoms with van der Waals surface area (Å²) in [6.45, 7) is 7.07. The molecule has 4 nitrogen and oxygen atoms in total. The second-order valence-corrected chi connectivity index (χ2v) is 4.41. The number of nitrogens with one attached hydrogen (secondary N) is 1. The second-order valence-electron chi connectivity index (χ2n) is 4.41. The molecule has 1 aromatic rings. The van der Waals surface area contributed by atoms with Crippen LogP contribution in [0.4, 0.5) is 5.82 Å². The SMILES string of the molecule is CCCCCOc1cc(NC)nc(C(C)C)n1. The van der Waals surface area contributed by atoms with Gasteiger partial charge in [-0.2, -0.15) is 4.98 Å². The van der Waals surface area contributed by atoms with Gasteiger partial charge in [0.15, 0.2) is 0 Å². The molecule has 17 heavy (non-hydrogen) atoms. The molecule has 1 heterocycles. The van der Waals surface area contributed by atoms with Crippen LogP contribution < -0.4 is 10.1 Å². The molecule has 0 spiro atoms. The summed E-state index contributed by atoms with van der Waals surface area (Å²) in [6.07, 6.45) is 3.47. The molecule has 1 aromatic heterocycles. The normalized spacial score (nSPS) is 10.6. The Balaban J connectivity index is 2.66. The van der Waals surface area contributed by atoms with Crippen LogP contribution in [0.25, 0.3) is 0 Å². The summed E-state index contributed by atoms with van der Waals surface area (Å²) in [5.41, 5.74) is 0. The van der Waals surface area contributed by atoms with Crippen LogP contribution in [-0.4, -0.2) is 23.6 Å². The number of rotatable bonds is 7. The first-order valence-corrected chi connectivity index (χ1v) is 6.37. The summed E-state index contributed by atoms with van der Waals surface area (Å²) in [4.78, 5) is 8.80. The van der Waals surface area contributed by atoms with E-state index < -0.39 is 0 Å². The number of hydrogen-bond donors (Lipinski definition) is 1. The fraction of sp³-hybridized carbons (Fsp3) is 0.692. The van der Waals surface area contributed by atoms with Gasteiger partial charge in [-0.3, -0.25) is 0 Å². The molecule has 96 valence electrons. The van der Waals surface area contributed by atoms with Gasteiger partial charge >= 0.3 is 0 Å². The molecule has 0 atom stereocenters. The molecule has 1 rings (SSSR count). The topological polar surface area (TPSA) is 47.0 Å². The summed E-state index contributed by atoms with van der Waals surface area (Å²) in [5, 5.41) is 3.03. The predicted octanol–water partition coefficient (Wildman–Crippen LogP) is 3.21. The van der Waals surface area contributed by atoms with E-state index in [4.69, 9.17) is 4.74 Å². The van der Waals surface area contributed by atoms with Crippen molar-refractivity contribution in [1.29, 1.82) is 0 Å². The molecule has 0 saturated heterocycles. The van der Waals surface area contributed by atoms with E-state index in [0.717, 1.165) is 24.7 Å². The highest BCUT2D eigenvalue weighted by molar-refractivity contribution is 5.38. The molecular weight excluding hydrogens is 214 g/mol. The fourth-order valence-electron chi connectivity index (χ4n) is 1.43. The Kier molecular flexibility index (Phi) is 5.73. The van der Waals surface area contributed by atoms with Gasteiger partial charge in [-0.25, -0.2) is 4.98 Å². The molecule has 0 aliphatic heterocycles. The van der Waals surface area contributed by atoms with Crippen LogP contribution >= 0.6 is 0 Å². The third kappa shape index (κ3) is 4.59. The van der Waals surface area contributed by atoms with Crippen molar-refractivity contribution in [2.45, 2.75) is 46.0 Å². The third-order valence-corrected chi connectivity index (χ3v) is 2.49. The Morgan fingerprint density at radius 2 is 2.06 bits per heavy atom. The number of aromatic nitrogens is 2. The number of hydrogen-bond acceptors (Lipinski definition) is 4. The lowest BCUT2D eigenvalue weighted by Crippen LogP contribution is -2.06. The molecule has 0 radical (unpaired) electrons. The smallest absolute Gasteiger partial charge is 0.218 e. The van der Waals surface area contributed by atoms with Crippen LogP contribution in [-0.2, 0) is 0 Å². The van der Waals surface area contributed by atoms with E-state index in [1.54, 1.807) is 0 Å². The molecule has 0 amide bonds. The van der Waals surface area contributed by atoms with Crippen LogP contribution in [0.5, 0.6) is 5.88 Å². The minimum absolute atomic E-state index is 0.307. The standard InChI is InChI=1S/C13H23N3O/c1-5-6-7-8-17-12-9-11(14-4)15-13(16-12)10(2)3/h9-10H,5-8H2,1-4H3,(H,14,15,16). The molecular formula is C13H23N3O. The third-order valence-electron chi connectivity index (χ3n) is 2.49. The van der Waals surface area contributed by atoms with Crippen molar-refractivity contribution < 1.29 is 4.74 Å². The molecule has 0 bridgehead atoms. The highest BCUT2D eigenvalue weighted by Crippen LogP contribution is 2.18. The van der Waals surface area contributed by atoms with E-state index in [-0.39, 0.29) is 0 Å². The van der Waals surface area contributed by atoms with Gasteiger partial charge in [0, 0.05) is 19.0 Å². The molecule has 0 fully saturated rings. The van der Waals surface area contributed by atoms with Gasteiger partial charge in [0.2, 0.25) is 5.88 Å². The van der Waals surface area contributed by atoms with Crippen molar-refractivity contribution in [2.24, 2.45) is 0 Å². The maximum atomic E-state index is 5.65. The Labute approximate surface area is 104 Å². The molecule has 0 saturated carbocycles. The van der Waals surface area contributed by atoms with Gasteiger partial charge in [-0.15, -0.1) is 0 Å². The zero-order valence-electron chi connectivity index (χ0n) is 11.3. The first-order chi connectivity index (χ1) is 8.17. The molecule has 1 N–H and O–H groups in total. The lowest BCUT2D eigenvalue weighted by molar-refractivity contribution is 0.293. The zero-order chi connectivity index (χ0) is 12.7. The van der Waals surface area contributed by atoms with Crippen molar-refractivity contribution in [3.8, 4) is 5.88 Å².